The predicted octanol–water partition coefficient (Wildman–Crippen LogP) is 4.61. The summed E-state index contributed by atoms with van der Waals surface area (Å²) >= 11 is 9.88. The summed E-state index contributed by atoms with van der Waals surface area (Å²) in [4.78, 5) is 19.2. The Morgan fingerprint density at radius 2 is 1.89 bits per heavy atom. The summed E-state index contributed by atoms with van der Waals surface area (Å²) in [5.74, 6) is 0.901. The fraction of sp³-hybridized carbons (Fsp3) is 0.333. The Bertz CT molecular complexity index is 664. The van der Waals surface area contributed by atoms with Crippen molar-refractivity contribution in [2.45, 2.75) is 26.2 Å². The minimum absolute atomic E-state index is 0.224. The van der Waals surface area contributed by atoms with Crippen LogP contribution in [0, 0.1) is 0 Å². The molecule has 1 N–H and O–H groups in total. The maximum absolute atomic E-state index is 12.0. The molecule has 0 amide bonds. The summed E-state index contributed by atoms with van der Waals surface area (Å²) in [5, 5.41) is 0. The lowest BCUT2D eigenvalue weighted by atomic mass is 9.92. The Morgan fingerprint density at radius 3 is 2.37 bits per heavy atom. The lowest BCUT2D eigenvalue weighted by Gasteiger charge is -2.19. The van der Waals surface area contributed by atoms with Gasteiger partial charge in [-0.3, -0.25) is 4.79 Å². The first kappa shape index (κ1) is 15.0. The van der Waals surface area contributed by atoms with E-state index in [-0.39, 0.29) is 11.0 Å². The minimum Gasteiger partial charge on any atom is -0.445 e. The molecule has 0 unspecified atom stereocenters. The van der Waals surface area contributed by atoms with Crippen LogP contribution in [-0.4, -0.2) is 9.97 Å². The maximum Gasteiger partial charge on any atom is 0.265 e. The van der Waals surface area contributed by atoms with Gasteiger partial charge in [0.05, 0.1) is 10.2 Å². The predicted molar refractivity (Wildman–Crippen MR) is 84.4 cm³/mol. The Balaban J connectivity index is 2.67. The molecule has 2 heterocycles. The van der Waals surface area contributed by atoms with Crippen molar-refractivity contribution in [2.75, 3.05) is 0 Å². The van der Waals surface area contributed by atoms with Crippen molar-refractivity contribution in [1.82, 2.24) is 9.97 Å². The Hall–Kier alpha value is -0.400. The number of halogens is 3. The van der Waals surface area contributed by atoms with Crippen LogP contribution in [0.1, 0.15) is 26.5 Å². The molecular weight excluding hydrogens is 444 g/mol. The van der Waals surface area contributed by atoms with Gasteiger partial charge in [0.1, 0.15) is 4.47 Å². The Kier molecular flexibility index (Phi) is 4.09. The molecule has 2 rings (SSSR count). The fourth-order valence-corrected chi connectivity index (χ4v) is 2.90. The molecule has 0 aliphatic rings. The molecule has 2 aromatic heterocycles. The minimum atomic E-state index is -0.247. The van der Waals surface area contributed by atoms with Crippen molar-refractivity contribution < 1.29 is 4.42 Å². The molecule has 0 saturated carbocycles. The molecule has 7 heteroatoms. The molecule has 0 spiro atoms. The van der Waals surface area contributed by atoms with Crippen LogP contribution in [0.3, 0.4) is 0 Å². The van der Waals surface area contributed by atoms with Gasteiger partial charge in [-0.2, -0.15) is 0 Å². The molecule has 4 nitrogen and oxygen atoms in total. The van der Waals surface area contributed by atoms with Gasteiger partial charge in [-0.1, -0.05) is 20.8 Å². The summed E-state index contributed by atoms with van der Waals surface area (Å²) in [5.41, 5.74) is 0.219. The van der Waals surface area contributed by atoms with Crippen LogP contribution < -0.4 is 5.56 Å². The van der Waals surface area contributed by atoms with Gasteiger partial charge in [-0.15, -0.1) is 0 Å². The van der Waals surface area contributed by atoms with Gasteiger partial charge in [0.15, 0.2) is 16.3 Å². The molecule has 0 aliphatic heterocycles. The topological polar surface area (TPSA) is 58.9 Å². The van der Waals surface area contributed by atoms with Crippen LogP contribution in [-0.2, 0) is 5.41 Å². The third-order valence-electron chi connectivity index (χ3n) is 2.45. The van der Waals surface area contributed by atoms with Crippen LogP contribution in [0.5, 0.6) is 0 Å². The highest BCUT2D eigenvalue weighted by molar-refractivity contribution is 9.13. The average molecular weight is 455 g/mol. The number of hydrogen-bond donors (Lipinski definition) is 1. The first-order chi connectivity index (χ1) is 8.70. The summed E-state index contributed by atoms with van der Waals surface area (Å²) in [7, 11) is 0. The second-order valence-corrected chi connectivity index (χ2v) is 7.43. The Morgan fingerprint density at radius 1 is 1.26 bits per heavy atom. The summed E-state index contributed by atoms with van der Waals surface area (Å²) in [6.45, 7) is 5.99. The van der Waals surface area contributed by atoms with Crippen LogP contribution in [0.2, 0.25) is 0 Å². The largest absolute Gasteiger partial charge is 0.445 e. The number of hydrogen-bond acceptors (Lipinski definition) is 3. The van der Waals surface area contributed by atoms with E-state index in [1.807, 2.05) is 20.8 Å². The first-order valence-corrected chi connectivity index (χ1v) is 7.83. The number of nitrogens with zero attached hydrogens (tertiary/aromatic N) is 1. The van der Waals surface area contributed by atoms with Crippen LogP contribution in [0.4, 0.5) is 0 Å². The molecule has 0 aromatic carbocycles. The molecule has 2 aromatic rings. The van der Waals surface area contributed by atoms with Crippen molar-refractivity contribution in [3.63, 3.8) is 0 Å². The van der Waals surface area contributed by atoms with Crippen LogP contribution in [0.15, 0.2) is 28.9 Å². The lowest BCUT2D eigenvalue weighted by molar-refractivity contribution is 0.539. The Labute approximate surface area is 135 Å². The third kappa shape index (κ3) is 3.03. The summed E-state index contributed by atoms with van der Waals surface area (Å²) < 4.78 is 7.27. The van der Waals surface area contributed by atoms with E-state index in [1.165, 1.54) is 0 Å². The van der Waals surface area contributed by atoms with Gasteiger partial charge >= 0.3 is 0 Å². The molecule has 102 valence electrons. The molecule has 0 bridgehead atoms. The zero-order valence-corrected chi connectivity index (χ0v) is 15.2. The molecule has 19 heavy (non-hydrogen) atoms. The average Bonchev–Trinajstić information content (AvgIpc) is 2.61. The number of aromatic amines is 1. The van der Waals surface area contributed by atoms with E-state index in [2.05, 4.69) is 57.8 Å². The highest BCUT2D eigenvalue weighted by Gasteiger charge is 2.23. The van der Waals surface area contributed by atoms with E-state index in [1.54, 1.807) is 6.07 Å². The lowest BCUT2D eigenvalue weighted by Crippen LogP contribution is -2.22. The van der Waals surface area contributed by atoms with Crippen molar-refractivity contribution in [2.24, 2.45) is 0 Å². The summed E-state index contributed by atoms with van der Waals surface area (Å²) in [6.07, 6.45) is 0. The van der Waals surface area contributed by atoms with Crippen molar-refractivity contribution in [1.29, 1.82) is 0 Å². The second-order valence-electron chi connectivity index (χ2n) is 5.06. The first-order valence-electron chi connectivity index (χ1n) is 5.45. The fourth-order valence-electron chi connectivity index (χ4n) is 1.54. The zero-order chi connectivity index (χ0) is 14.4. The second kappa shape index (κ2) is 5.18. The number of aromatic nitrogens is 2. The zero-order valence-electron chi connectivity index (χ0n) is 10.5. The molecule has 0 fully saturated rings. The van der Waals surface area contributed by atoms with Crippen molar-refractivity contribution in [3.8, 4) is 11.6 Å². The number of rotatable bonds is 1. The molecule has 0 atom stereocenters. The van der Waals surface area contributed by atoms with Gasteiger partial charge < -0.3 is 9.40 Å². The highest BCUT2D eigenvalue weighted by atomic mass is 79.9. The molecule has 0 aliphatic carbocycles. The van der Waals surface area contributed by atoms with E-state index in [0.717, 1.165) is 4.47 Å². The molecular formula is C12H11Br3N2O2. The van der Waals surface area contributed by atoms with Crippen molar-refractivity contribution >= 4 is 47.8 Å². The highest BCUT2D eigenvalue weighted by Crippen LogP contribution is 2.32. The van der Waals surface area contributed by atoms with Gasteiger partial charge in [0.2, 0.25) is 0 Å². The van der Waals surface area contributed by atoms with E-state index < -0.39 is 0 Å². The quantitative estimate of drug-likeness (QED) is 0.684. The molecule has 0 radical (unpaired) electrons. The van der Waals surface area contributed by atoms with E-state index in [4.69, 9.17) is 4.42 Å². The van der Waals surface area contributed by atoms with Crippen LogP contribution >= 0.6 is 47.8 Å². The van der Waals surface area contributed by atoms with E-state index in [9.17, 15) is 4.79 Å². The smallest absolute Gasteiger partial charge is 0.265 e. The summed E-state index contributed by atoms with van der Waals surface area (Å²) in [6, 6.07) is 1.75. The normalized spacial score (nSPS) is 11.9. The van der Waals surface area contributed by atoms with Crippen LogP contribution in [0.25, 0.3) is 11.6 Å². The monoisotopic (exact) mass is 452 g/mol. The van der Waals surface area contributed by atoms with Crippen molar-refractivity contribution in [3.05, 3.63) is 35.7 Å². The van der Waals surface area contributed by atoms with Gasteiger partial charge in [-0.05, 0) is 47.8 Å². The third-order valence-corrected chi connectivity index (χ3v) is 4.90. The number of furan rings is 1. The molecule has 0 saturated heterocycles. The maximum atomic E-state index is 12.0. The number of nitrogens with one attached hydrogen (secondary N) is 1. The van der Waals surface area contributed by atoms with Gasteiger partial charge in [-0.25, -0.2) is 4.98 Å². The van der Waals surface area contributed by atoms with Gasteiger partial charge in [0, 0.05) is 11.5 Å². The van der Waals surface area contributed by atoms with Gasteiger partial charge in [0.25, 0.3) is 5.56 Å². The van der Waals surface area contributed by atoms with E-state index in [0.29, 0.717) is 26.4 Å². The SMILES string of the molecule is CC(C)(C)c1nc(-c2cc(Br)c(Br)o2)[nH]c(=O)c1Br. The number of H-pyrrole nitrogens is 1. The standard InChI is InChI=1S/C12H11Br3N2O2/c1-12(2,3)8-7(14)11(18)17-10(16-8)6-4-5(13)9(15)19-6/h4H,1-3H3,(H,16,17,18). The van der Waals surface area contributed by atoms with E-state index >= 15 is 0 Å².